The van der Waals surface area contributed by atoms with Gasteiger partial charge in [-0.2, -0.15) is 13.2 Å². The lowest BCUT2D eigenvalue weighted by molar-refractivity contribution is -0.136. The lowest BCUT2D eigenvalue weighted by atomic mass is 10.1. The number of nitrogens with one attached hydrogen (secondary N) is 1. The molecule has 0 atom stereocenters. The summed E-state index contributed by atoms with van der Waals surface area (Å²) < 4.78 is 38.0. The average Bonchev–Trinajstić information content (AvgIpc) is 2.55. The Labute approximate surface area is 86.7 Å². The van der Waals surface area contributed by atoms with Crippen LogP contribution >= 0.6 is 0 Å². The van der Waals surface area contributed by atoms with E-state index in [-0.39, 0.29) is 11.0 Å². The third kappa shape index (κ3) is 1.50. The van der Waals surface area contributed by atoms with Gasteiger partial charge in [-0.15, -0.1) is 0 Å². The molecule has 0 bridgehead atoms. The van der Waals surface area contributed by atoms with Crippen molar-refractivity contribution in [2.45, 2.75) is 6.18 Å². The van der Waals surface area contributed by atoms with Gasteiger partial charge in [0.2, 0.25) is 0 Å². The fraction of sp³-hybridized carbons (Fsp3) is 0.111. The summed E-state index contributed by atoms with van der Waals surface area (Å²) in [5, 5.41) is 8.43. The number of halogens is 3. The van der Waals surface area contributed by atoms with Gasteiger partial charge in [-0.05, 0) is 12.1 Å². The van der Waals surface area contributed by atoms with Gasteiger partial charge >= 0.3 is 12.1 Å². The van der Waals surface area contributed by atoms with Crippen LogP contribution in [0.4, 0.5) is 13.2 Å². The summed E-state index contributed by atoms with van der Waals surface area (Å²) in [6.07, 6.45) is -3.44. The van der Waals surface area contributed by atoms with E-state index in [2.05, 4.69) is 9.97 Å². The molecule has 84 valence electrons. The fourth-order valence-corrected chi connectivity index (χ4v) is 1.48. The number of nitrogens with zero attached hydrogens (tertiary/aromatic N) is 1. The largest absolute Gasteiger partial charge is 0.477 e. The number of pyridine rings is 1. The molecule has 0 amide bonds. The summed E-state index contributed by atoms with van der Waals surface area (Å²) in [6, 6.07) is 2.49. The highest BCUT2D eigenvalue weighted by Crippen LogP contribution is 2.36. The van der Waals surface area contributed by atoms with Crippen LogP contribution in [0.2, 0.25) is 0 Å². The number of carbonyl (C=O) groups is 1. The highest BCUT2D eigenvalue weighted by molar-refractivity contribution is 5.96. The Balaban J connectivity index is 2.85. The summed E-state index contributed by atoms with van der Waals surface area (Å²) in [6.45, 7) is 0. The molecular formula is C9H5F3N2O2. The molecule has 0 unspecified atom stereocenters. The number of aromatic nitrogens is 2. The maximum absolute atomic E-state index is 12.7. The maximum atomic E-state index is 12.7. The van der Waals surface area contributed by atoms with Gasteiger partial charge < -0.3 is 10.1 Å². The second kappa shape index (κ2) is 3.22. The average molecular weight is 230 g/mol. The number of fused-ring (bicyclic) bond motifs is 1. The standard InChI is InChI=1S/C9H5F3N2O2/c10-9(11,12)5-4-2-1-3-13-7(4)14-6(5)8(15)16/h1-3H,(H,13,14)(H,15,16). The van der Waals surface area contributed by atoms with E-state index in [1.807, 2.05) is 0 Å². The SMILES string of the molecule is O=C(O)c1[nH]c2ncccc2c1C(F)(F)F. The Morgan fingerprint density at radius 3 is 2.69 bits per heavy atom. The molecule has 0 aliphatic carbocycles. The van der Waals surface area contributed by atoms with Gasteiger partial charge in [-0.25, -0.2) is 9.78 Å². The summed E-state index contributed by atoms with van der Waals surface area (Å²) in [5.41, 5.74) is -2.17. The lowest BCUT2D eigenvalue weighted by Crippen LogP contribution is -2.11. The van der Waals surface area contributed by atoms with E-state index in [4.69, 9.17) is 5.11 Å². The zero-order chi connectivity index (χ0) is 11.9. The number of alkyl halides is 3. The van der Waals surface area contributed by atoms with Gasteiger partial charge in [-0.1, -0.05) is 0 Å². The molecule has 0 spiro atoms. The molecule has 0 fully saturated rings. The highest BCUT2D eigenvalue weighted by atomic mass is 19.4. The van der Waals surface area contributed by atoms with Crippen molar-refractivity contribution in [1.82, 2.24) is 9.97 Å². The first-order valence-electron chi connectivity index (χ1n) is 4.18. The number of rotatable bonds is 1. The van der Waals surface area contributed by atoms with Crippen LogP contribution in [0.1, 0.15) is 16.1 Å². The van der Waals surface area contributed by atoms with Crippen LogP contribution in [0, 0.1) is 0 Å². The molecule has 0 saturated heterocycles. The minimum atomic E-state index is -4.73. The van der Waals surface area contributed by atoms with E-state index in [0.717, 1.165) is 0 Å². The second-order valence-corrected chi connectivity index (χ2v) is 3.08. The Morgan fingerprint density at radius 1 is 1.44 bits per heavy atom. The van der Waals surface area contributed by atoms with Crippen LogP contribution in [0.5, 0.6) is 0 Å². The van der Waals surface area contributed by atoms with Crippen molar-refractivity contribution >= 4 is 17.0 Å². The summed E-state index contributed by atoms with van der Waals surface area (Å²) in [4.78, 5) is 16.5. The van der Waals surface area contributed by atoms with Crippen LogP contribution < -0.4 is 0 Å². The quantitative estimate of drug-likeness (QED) is 0.789. The molecule has 2 N–H and O–H groups in total. The molecule has 2 rings (SSSR count). The molecule has 0 aliphatic rings. The smallest absolute Gasteiger partial charge is 0.419 e. The molecular weight excluding hydrogens is 225 g/mol. The highest BCUT2D eigenvalue weighted by Gasteiger charge is 2.39. The van der Waals surface area contributed by atoms with Gasteiger partial charge in [0.25, 0.3) is 0 Å². The van der Waals surface area contributed by atoms with Gasteiger partial charge in [0.05, 0.1) is 5.56 Å². The number of carboxylic acids is 1. The van der Waals surface area contributed by atoms with Gasteiger partial charge in [-0.3, -0.25) is 0 Å². The maximum Gasteiger partial charge on any atom is 0.419 e. The molecule has 2 heterocycles. The Hall–Kier alpha value is -2.05. The normalized spacial score (nSPS) is 11.9. The van der Waals surface area contributed by atoms with Crippen molar-refractivity contribution in [1.29, 1.82) is 0 Å². The van der Waals surface area contributed by atoms with Gasteiger partial charge in [0, 0.05) is 11.6 Å². The van der Waals surface area contributed by atoms with Crippen molar-refractivity contribution in [2.24, 2.45) is 0 Å². The number of aromatic amines is 1. The zero-order valence-electron chi connectivity index (χ0n) is 7.67. The number of aromatic carboxylic acids is 1. The van der Waals surface area contributed by atoms with E-state index in [0.29, 0.717) is 0 Å². The summed E-state index contributed by atoms with van der Waals surface area (Å²) >= 11 is 0. The molecule has 0 radical (unpaired) electrons. The van der Waals surface area contributed by atoms with E-state index in [9.17, 15) is 18.0 Å². The Bertz CT molecular complexity index is 559. The number of hydrogen-bond donors (Lipinski definition) is 2. The van der Waals surface area contributed by atoms with E-state index >= 15 is 0 Å². The molecule has 0 aliphatic heterocycles. The monoisotopic (exact) mass is 230 g/mol. The predicted molar refractivity (Wildman–Crippen MR) is 48.1 cm³/mol. The van der Waals surface area contributed by atoms with E-state index < -0.39 is 23.4 Å². The van der Waals surface area contributed by atoms with Crippen molar-refractivity contribution < 1.29 is 23.1 Å². The van der Waals surface area contributed by atoms with Crippen LogP contribution in [-0.4, -0.2) is 21.0 Å². The third-order valence-electron chi connectivity index (χ3n) is 2.07. The van der Waals surface area contributed by atoms with Crippen molar-refractivity contribution in [3.05, 3.63) is 29.6 Å². The van der Waals surface area contributed by atoms with E-state index in [1.54, 1.807) is 0 Å². The molecule has 7 heteroatoms. The van der Waals surface area contributed by atoms with E-state index in [1.165, 1.54) is 18.3 Å². The number of H-pyrrole nitrogens is 1. The lowest BCUT2D eigenvalue weighted by Gasteiger charge is -2.05. The third-order valence-corrected chi connectivity index (χ3v) is 2.07. The van der Waals surface area contributed by atoms with Crippen LogP contribution in [-0.2, 0) is 6.18 Å². The number of hydrogen-bond acceptors (Lipinski definition) is 2. The number of carboxylic acid groups (broad SMARTS) is 1. The predicted octanol–water partition coefficient (Wildman–Crippen LogP) is 2.28. The van der Waals surface area contributed by atoms with Crippen molar-refractivity contribution in [2.75, 3.05) is 0 Å². The first-order valence-corrected chi connectivity index (χ1v) is 4.18. The first kappa shape index (κ1) is 10.5. The topological polar surface area (TPSA) is 66.0 Å². The molecule has 4 nitrogen and oxygen atoms in total. The van der Waals surface area contributed by atoms with Crippen LogP contribution in [0.15, 0.2) is 18.3 Å². The Kier molecular flexibility index (Phi) is 2.11. The van der Waals surface area contributed by atoms with Crippen molar-refractivity contribution in [3.63, 3.8) is 0 Å². The van der Waals surface area contributed by atoms with Gasteiger partial charge in [0.15, 0.2) is 0 Å². The minimum absolute atomic E-state index is 0.0905. The molecule has 0 saturated carbocycles. The summed E-state index contributed by atoms with van der Waals surface area (Å²) in [5.74, 6) is -1.66. The second-order valence-electron chi connectivity index (χ2n) is 3.08. The Morgan fingerprint density at radius 2 is 2.12 bits per heavy atom. The fourth-order valence-electron chi connectivity index (χ4n) is 1.48. The molecule has 0 aromatic carbocycles. The minimum Gasteiger partial charge on any atom is -0.477 e. The van der Waals surface area contributed by atoms with Crippen molar-refractivity contribution in [3.8, 4) is 0 Å². The zero-order valence-corrected chi connectivity index (χ0v) is 7.67. The first-order chi connectivity index (χ1) is 7.41. The van der Waals surface area contributed by atoms with Gasteiger partial charge in [0.1, 0.15) is 11.3 Å². The molecule has 2 aromatic rings. The van der Waals surface area contributed by atoms with Crippen LogP contribution in [0.25, 0.3) is 11.0 Å². The summed E-state index contributed by atoms with van der Waals surface area (Å²) in [7, 11) is 0. The molecule has 2 aromatic heterocycles. The van der Waals surface area contributed by atoms with Crippen LogP contribution in [0.3, 0.4) is 0 Å². The molecule has 16 heavy (non-hydrogen) atoms.